The molecule has 1 aromatic heterocycles. The maximum absolute atomic E-state index is 13.3. The summed E-state index contributed by atoms with van der Waals surface area (Å²) in [5.41, 5.74) is 9.16. The topological polar surface area (TPSA) is 97.0 Å². The number of benzene rings is 2. The molecule has 1 atom stereocenters. The predicted octanol–water partition coefficient (Wildman–Crippen LogP) is 4.31. The molecule has 3 aromatic rings. The third kappa shape index (κ3) is 3.50. The zero-order valence-electron chi connectivity index (χ0n) is 15.4. The molecule has 0 saturated heterocycles. The van der Waals surface area contributed by atoms with Crippen LogP contribution >= 0.6 is 11.6 Å². The van der Waals surface area contributed by atoms with Gasteiger partial charge in [-0.2, -0.15) is 5.26 Å². The zero-order chi connectivity index (χ0) is 20.5. The Kier molecular flexibility index (Phi) is 4.87. The van der Waals surface area contributed by atoms with Gasteiger partial charge in [0.15, 0.2) is 0 Å². The van der Waals surface area contributed by atoms with Crippen LogP contribution in [0.1, 0.15) is 28.3 Å². The lowest BCUT2D eigenvalue weighted by Gasteiger charge is -2.24. The molecule has 0 unspecified atom stereocenters. The molecule has 0 spiro atoms. The van der Waals surface area contributed by atoms with Gasteiger partial charge in [0.05, 0.1) is 10.9 Å². The number of H-pyrrole nitrogens is 1. The number of aromatic nitrogens is 2. The van der Waals surface area contributed by atoms with Crippen LogP contribution in [-0.2, 0) is 6.61 Å². The molecular formula is C21H16ClFN4O2. The molecule has 3 N–H and O–H groups in total. The molecule has 0 bridgehead atoms. The van der Waals surface area contributed by atoms with Crippen molar-refractivity contribution in [3.63, 3.8) is 0 Å². The van der Waals surface area contributed by atoms with Gasteiger partial charge in [0.1, 0.15) is 29.8 Å². The van der Waals surface area contributed by atoms with E-state index in [0.717, 1.165) is 16.8 Å². The van der Waals surface area contributed by atoms with Crippen LogP contribution in [0.25, 0.3) is 0 Å². The summed E-state index contributed by atoms with van der Waals surface area (Å²) < 4.78 is 24.5. The molecule has 0 radical (unpaired) electrons. The van der Waals surface area contributed by atoms with Gasteiger partial charge in [-0.3, -0.25) is 5.10 Å². The Morgan fingerprint density at radius 1 is 1.34 bits per heavy atom. The molecule has 29 heavy (non-hydrogen) atoms. The van der Waals surface area contributed by atoms with Crippen LogP contribution in [0.2, 0.25) is 5.02 Å². The first-order valence-electron chi connectivity index (χ1n) is 8.77. The van der Waals surface area contributed by atoms with E-state index in [1.54, 1.807) is 24.3 Å². The quantitative estimate of drug-likeness (QED) is 0.668. The van der Waals surface area contributed by atoms with E-state index in [9.17, 15) is 9.65 Å². The average molecular weight is 411 g/mol. The molecule has 4 rings (SSSR count). The van der Waals surface area contributed by atoms with Crippen molar-refractivity contribution < 1.29 is 13.9 Å². The summed E-state index contributed by atoms with van der Waals surface area (Å²) in [6, 6.07) is 13.5. The van der Waals surface area contributed by atoms with Crippen molar-refractivity contribution in [3.05, 3.63) is 87.1 Å². The molecule has 146 valence electrons. The average Bonchev–Trinajstić information content (AvgIpc) is 3.06. The number of hydrogen-bond acceptors (Lipinski definition) is 5. The summed E-state index contributed by atoms with van der Waals surface area (Å²) in [4.78, 5) is 0. The lowest BCUT2D eigenvalue weighted by atomic mass is 9.84. The number of aryl methyl sites for hydroxylation is 1. The molecule has 2 heterocycles. The third-order valence-electron chi connectivity index (χ3n) is 4.70. The van der Waals surface area contributed by atoms with Crippen LogP contribution in [0.5, 0.6) is 11.6 Å². The number of aromatic amines is 1. The van der Waals surface area contributed by atoms with E-state index in [2.05, 4.69) is 16.3 Å². The standard InChI is InChI=1S/C21H16ClFN4O2/c1-11-18-19(15(9-24)20(25)29-21(18)27-26-11)13-5-6-17(16(22)8-13)28-10-12-3-2-4-14(23)7-12/h2-8,19H,10,25H2,1H3,(H,26,27)/t19-/m0/s1. The first-order valence-corrected chi connectivity index (χ1v) is 9.15. The fraction of sp³-hybridized carbons (Fsp3) is 0.143. The number of nitrogens with two attached hydrogens (primary N) is 1. The Morgan fingerprint density at radius 2 is 2.17 bits per heavy atom. The third-order valence-corrected chi connectivity index (χ3v) is 5.00. The van der Waals surface area contributed by atoms with E-state index < -0.39 is 5.92 Å². The van der Waals surface area contributed by atoms with Crippen molar-refractivity contribution >= 4 is 11.6 Å². The first-order chi connectivity index (χ1) is 14.0. The summed E-state index contributed by atoms with van der Waals surface area (Å²) in [5, 5.41) is 16.9. The van der Waals surface area contributed by atoms with E-state index in [-0.39, 0.29) is 23.9 Å². The van der Waals surface area contributed by atoms with Gasteiger partial charge < -0.3 is 15.2 Å². The molecule has 0 saturated carbocycles. The van der Waals surface area contributed by atoms with Crippen molar-refractivity contribution in [2.24, 2.45) is 5.73 Å². The number of fused-ring (bicyclic) bond motifs is 1. The van der Waals surface area contributed by atoms with E-state index in [4.69, 9.17) is 26.8 Å². The second kappa shape index (κ2) is 7.49. The highest BCUT2D eigenvalue weighted by atomic mass is 35.5. The van der Waals surface area contributed by atoms with Gasteiger partial charge >= 0.3 is 0 Å². The number of hydrogen-bond donors (Lipinski definition) is 2. The minimum absolute atomic E-state index is 0.0130. The number of ether oxygens (including phenoxy) is 2. The van der Waals surface area contributed by atoms with Crippen molar-refractivity contribution in [1.29, 1.82) is 5.26 Å². The van der Waals surface area contributed by atoms with Crippen molar-refractivity contribution in [3.8, 4) is 17.7 Å². The molecule has 8 heteroatoms. The number of halogens is 2. The minimum Gasteiger partial charge on any atom is -0.487 e. The smallest absolute Gasteiger partial charge is 0.244 e. The zero-order valence-corrected chi connectivity index (χ0v) is 16.1. The van der Waals surface area contributed by atoms with E-state index in [0.29, 0.717) is 22.2 Å². The minimum atomic E-state index is -0.461. The van der Waals surface area contributed by atoms with Crippen LogP contribution in [0.3, 0.4) is 0 Å². The van der Waals surface area contributed by atoms with Crippen LogP contribution in [0.15, 0.2) is 53.9 Å². The molecule has 6 nitrogen and oxygen atoms in total. The van der Waals surface area contributed by atoms with E-state index in [1.165, 1.54) is 12.1 Å². The summed E-state index contributed by atoms with van der Waals surface area (Å²) in [6.45, 7) is 2.02. The molecule has 0 aliphatic carbocycles. The normalized spacial score (nSPS) is 15.4. The highest BCUT2D eigenvalue weighted by Gasteiger charge is 2.34. The van der Waals surface area contributed by atoms with Gasteiger partial charge in [0.25, 0.3) is 0 Å². The molecule has 1 aliphatic rings. The second-order valence-electron chi connectivity index (χ2n) is 6.60. The van der Waals surface area contributed by atoms with Gasteiger partial charge in [-0.05, 0) is 42.3 Å². The Morgan fingerprint density at radius 3 is 2.90 bits per heavy atom. The Labute approximate surface area is 171 Å². The highest BCUT2D eigenvalue weighted by molar-refractivity contribution is 6.32. The lowest BCUT2D eigenvalue weighted by molar-refractivity contribution is 0.305. The predicted molar refractivity (Wildman–Crippen MR) is 105 cm³/mol. The van der Waals surface area contributed by atoms with Crippen molar-refractivity contribution in [2.75, 3.05) is 0 Å². The largest absolute Gasteiger partial charge is 0.487 e. The van der Waals surface area contributed by atoms with Crippen LogP contribution in [-0.4, -0.2) is 10.2 Å². The first kappa shape index (κ1) is 18.8. The van der Waals surface area contributed by atoms with Crippen molar-refractivity contribution in [1.82, 2.24) is 10.2 Å². The highest BCUT2D eigenvalue weighted by Crippen LogP contribution is 2.43. The number of nitriles is 1. The summed E-state index contributed by atoms with van der Waals surface area (Å²) in [6.07, 6.45) is 0. The SMILES string of the molecule is Cc1[nH]nc2c1[C@@H](c1ccc(OCc3cccc(F)c3)c(Cl)c1)C(C#N)=C(N)O2. The summed E-state index contributed by atoms with van der Waals surface area (Å²) in [5.74, 6) is 0.0148. The number of rotatable bonds is 4. The number of nitrogens with one attached hydrogen (secondary N) is 1. The molecule has 2 aromatic carbocycles. The Bertz CT molecular complexity index is 1170. The fourth-order valence-corrected chi connectivity index (χ4v) is 3.58. The monoisotopic (exact) mass is 410 g/mol. The Hall–Kier alpha value is -3.50. The van der Waals surface area contributed by atoms with Gasteiger partial charge in [-0.15, -0.1) is 5.10 Å². The van der Waals surface area contributed by atoms with Crippen molar-refractivity contribution in [2.45, 2.75) is 19.4 Å². The summed E-state index contributed by atoms with van der Waals surface area (Å²) >= 11 is 6.43. The molecule has 0 fully saturated rings. The fourth-order valence-electron chi connectivity index (χ4n) is 3.33. The maximum Gasteiger partial charge on any atom is 0.244 e. The van der Waals surface area contributed by atoms with E-state index >= 15 is 0 Å². The number of allylic oxidation sites excluding steroid dienone is 1. The van der Waals surface area contributed by atoms with Gasteiger partial charge in [-0.1, -0.05) is 29.8 Å². The molecule has 1 aliphatic heterocycles. The summed E-state index contributed by atoms with van der Waals surface area (Å²) in [7, 11) is 0. The molecular weight excluding hydrogens is 395 g/mol. The Balaban J connectivity index is 1.65. The second-order valence-corrected chi connectivity index (χ2v) is 7.01. The van der Waals surface area contributed by atoms with Crippen LogP contribution in [0, 0.1) is 24.1 Å². The van der Waals surface area contributed by atoms with Crippen LogP contribution < -0.4 is 15.2 Å². The van der Waals surface area contributed by atoms with Crippen LogP contribution in [0.4, 0.5) is 4.39 Å². The van der Waals surface area contributed by atoms with Gasteiger partial charge in [0.2, 0.25) is 11.8 Å². The van der Waals surface area contributed by atoms with Gasteiger partial charge in [0, 0.05) is 11.3 Å². The lowest BCUT2D eigenvalue weighted by Crippen LogP contribution is -2.21. The maximum atomic E-state index is 13.3. The molecule has 0 amide bonds. The van der Waals surface area contributed by atoms with Gasteiger partial charge in [-0.25, -0.2) is 4.39 Å². The number of nitrogens with zero attached hydrogens (tertiary/aromatic N) is 2. The van der Waals surface area contributed by atoms with E-state index in [1.807, 2.05) is 13.0 Å².